The fourth-order valence-electron chi connectivity index (χ4n) is 2.71. The first-order valence-electron chi connectivity index (χ1n) is 6.15. The van der Waals surface area contributed by atoms with E-state index in [0.717, 1.165) is 11.3 Å². The first-order valence-corrected chi connectivity index (χ1v) is 7.03. The van der Waals surface area contributed by atoms with E-state index in [9.17, 15) is 23.5 Å². The Bertz CT molecular complexity index is 575. The van der Waals surface area contributed by atoms with Crippen molar-refractivity contribution < 1.29 is 23.5 Å². The van der Waals surface area contributed by atoms with E-state index < -0.39 is 24.6 Å². The molecule has 1 saturated heterocycles. The predicted octanol–water partition coefficient (Wildman–Crippen LogP) is 1.30. The number of amides is 2. The molecule has 1 aromatic rings. The summed E-state index contributed by atoms with van der Waals surface area (Å²) in [4.78, 5) is 24.3. The molecule has 3 rings (SSSR count). The van der Waals surface area contributed by atoms with Gasteiger partial charge in [-0.1, -0.05) is 0 Å². The van der Waals surface area contributed by atoms with Gasteiger partial charge in [0.05, 0.1) is 10.9 Å². The lowest BCUT2D eigenvalue weighted by molar-refractivity contribution is -0.141. The molecule has 20 heavy (non-hydrogen) atoms. The molecule has 1 aromatic heterocycles. The van der Waals surface area contributed by atoms with E-state index in [4.69, 9.17) is 0 Å². The summed E-state index contributed by atoms with van der Waals surface area (Å²) in [5.74, 6) is -0.824. The number of rotatable bonds is 2. The van der Waals surface area contributed by atoms with Gasteiger partial charge in [0.25, 0.3) is 6.43 Å². The van der Waals surface area contributed by atoms with Gasteiger partial charge in [-0.25, -0.2) is 8.78 Å². The number of piperidine rings is 1. The van der Waals surface area contributed by atoms with E-state index in [2.05, 4.69) is 5.32 Å². The van der Waals surface area contributed by atoms with Crippen molar-refractivity contribution in [3.63, 3.8) is 0 Å². The topological polar surface area (TPSA) is 69.6 Å². The van der Waals surface area contributed by atoms with Crippen LogP contribution in [0, 0.1) is 0 Å². The van der Waals surface area contributed by atoms with Crippen LogP contribution in [0.4, 0.5) is 8.78 Å². The van der Waals surface area contributed by atoms with E-state index in [1.807, 2.05) is 0 Å². The molecule has 0 radical (unpaired) electrons. The minimum Gasteiger partial charge on any atom is -0.374 e. The summed E-state index contributed by atoms with van der Waals surface area (Å²) in [6.07, 6.45) is -3.18. The fraction of sp³-hybridized carbons (Fsp3) is 0.500. The Morgan fingerprint density at radius 1 is 1.45 bits per heavy atom. The molecule has 0 aromatic carbocycles. The fourth-order valence-corrected chi connectivity index (χ4v) is 3.65. The molecule has 0 aliphatic carbocycles. The number of nitrogens with one attached hydrogen (secondary N) is 1. The molecule has 5 nitrogen and oxygen atoms in total. The van der Waals surface area contributed by atoms with Crippen LogP contribution in [0.2, 0.25) is 0 Å². The van der Waals surface area contributed by atoms with Crippen LogP contribution in [0.1, 0.15) is 41.5 Å². The molecule has 0 spiro atoms. The standard InChI is InChI=1S/C12H12F2N2O3S/c13-10(14)9-5-3-16(12(19)6(5)4-20-9)7-1-2-8(17)15-11(7)18/h4,7,10,12,19H,1-3H2,(H,15,17,18). The highest BCUT2D eigenvalue weighted by Crippen LogP contribution is 2.43. The van der Waals surface area contributed by atoms with Crippen molar-refractivity contribution in [1.82, 2.24) is 10.2 Å². The summed E-state index contributed by atoms with van der Waals surface area (Å²) in [5, 5.41) is 13.9. The van der Waals surface area contributed by atoms with Gasteiger partial charge in [0, 0.05) is 18.5 Å². The number of hydrogen-bond acceptors (Lipinski definition) is 5. The lowest BCUT2D eigenvalue weighted by Crippen LogP contribution is -2.51. The molecule has 108 valence electrons. The van der Waals surface area contributed by atoms with Crippen LogP contribution in [0.5, 0.6) is 0 Å². The van der Waals surface area contributed by atoms with Gasteiger partial charge >= 0.3 is 0 Å². The molecule has 2 N–H and O–H groups in total. The molecule has 2 unspecified atom stereocenters. The smallest absolute Gasteiger partial charge is 0.273 e. The first-order chi connectivity index (χ1) is 9.49. The van der Waals surface area contributed by atoms with E-state index in [-0.39, 0.29) is 23.7 Å². The van der Waals surface area contributed by atoms with Gasteiger partial charge in [-0.15, -0.1) is 11.3 Å². The lowest BCUT2D eigenvalue weighted by atomic mass is 10.0. The molecular formula is C12H12F2N2O3S. The maximum absolute atomic E-state index is 12.9. The molecule has 2 aliphatic rings. The van der Waals surface area contributed by atoms with Gasteiger partial charge in [-0.2, -0.15) is 0 Å². The van der Waals surface area contributed by atoms with Crippen LogP contribution in [0.3, 0.4) is 0 Å². The third-order valence-corrected chi connectivity index (χ3v) is 4.75. The SMILES string of the molecule is O=C1CCC(N2Cc3c(csc3C(F)F)C2O)C(=O)N1. The second-order valence-corrected chi connectivity index (χ2v) is 5.76. The van der Waals surface area contributed by atoms with Gasteiger partial charge in [0.2, 0.25) is 11.8 Å². The molecule has 1 fully saturated rings. The molecule has 0 bridgehead atoms. The number of carbonyl (C=O) groups is 2. The van der Waals surface area contributed by atoms with Crippen LogP contribution in [-0.2, 0) is 16.1 Å². The highest BCUT2D eigenvalue weighted by atomic mass is 32.1. The highest BCUT2D eigenvalue weighted by Gasteiger charge is 2.41. The van der Waals surface area contributed by atoms with E-state index >= 15 is 0 Å². The van der Waals surface area contributed by atoms with E-state index in [1.165, 1.54) is 10.3 Å². The minimum atomic E-state index is -2.59. The maximum atomic E-state index is 12.9. The van der Waals surface area contributed by atoms with Gasteiger partial charge in [0.15, 0.2) is 0 Å². The van der Waals surface area contributed by atoms with Crippen LogP contribution in [0.25, 0.3) is 0 Å². The Morgan fingerprint density at radius 3 is 2.85 bits per heavy atom. The number of aliphatic hydroxyl groups is 1. The maximum Gasteiger partial charge on any atom is 0.273 e. The number of nitrogens with zero attached hydrogens (tertiary/aromatic N) is 1. The summed E-state index contributed by atoms with van der Waals surface area (Å²) >= 11 is 0.922. The lowest BCUT2D eigenvalue weighted by Gasteiger charge is -2.31. The van der Waals surface area contributed by atoms with Crippen molar-refractivity contribution in [2.24, 2.45) is 0 Å². The van der Waals surface area contributed by atoms with Crippen molar-refractivity contribution in [2.45, 2.75) is 38.1 Å². The zero-order valence-corrected chi connectivity index (χ0v) is 11.1. The quantitative estimate of drug-likeness (QED) is 0.808. The number of alkyl halides is 2. The van der Waals surface area contributed by atoms with Crippen molar-refractivity contribution >= 4 is 23.2 Å². The molecule has 8 heteroatoms. The van der Waals surface area contributed by atoms with Gasteiger partial charge in [-0.3, -0.25) is 19.8 Å². The Hall–Kier alpha value is -1.38. The normalized spacial score (nSPS) is 27.0. The van der Waals surface area contributed by atoms with Crippen LogP contribution < -0.4 is 5.32 Å². The Balaban J connectivity index is 1.84. The van der Waals surface area contributed by atoms with Crippen LogP contribution in [-0.4, -0.2) is 27.9 Å². The third kappa shape index (κ3) is 2.04. The highest BCUT2D eigenvalue weighted by molar-refractivity contribution is 7.10. The molecule has 0 saturated carbocycles. The number of aliphatic hydroxyl groups excluding tert-OH is 1. The molecule has 2 atom stereocenters. The zero-order valence-electron chi connectivity index (χ0n) is 10.3. The number of hydrogen-bond donors (Lipinski definition) is 2. The van der Waals surface area contributed by atoms with Gasteiger partial charge < -0.3 is 5.11 Å². The second-order valence-electron chi connectivity index (χ2n) is 4.85. The number of fused-ring (bicyclic) bond motifs is 1. The first kappa shape index (κ1) is 13.6. The number of thiophene rings is 1. The summed E-state index contributed by atoms with van der Waals surface area (Å²) in [6.45, 7) is 0.103. The molecule has 3 heterocycles. The molecular weight excluding hydrogens is 290 g/mol. The summed E-state index contributed by atoms with van der Waals surface area (Å²) in [7, 11) is 0. The van der Waals surface area contributed by atoms with Gasteiger partial charge in [0.1, 0.15) is 6.23 Å². The summed E-state index contributed by atoms with van der Waals surface area (Å²) in [5.41, 5.74) is 0.845. The van der Waals surface area contributed by atoms with Crippen LogP contribution in [0.15, 0.2) is 5.38 Å². The predicted molar refractivity (Wildman–Crippen MR) is 66.0 cm³/mol. The van der Waals surface area contributed by atoms with Crippen molar-refractivity contribution in [1.29, 1.82) is 0 Å². The minimum absolute atomic E-state index is 0.0613. The number of halogens is 2. The summed E-state index contributed by atoms with van der Waals surface area (Å²) in [6, 6.07) is -0.661. The third-order valence-electron chi connectivity index (χ3n) is 3.70. The molecule has 2 aliphatic heterocycles. The van der Waals surface area contributed by atoms with E-state index in [0.29, 0.717) is 17.5 Å². The molecule has 2 amide bonds. The van der Waals surface area contributed by atoms with Crippen LogP contribution >= 0.6 is 11.3 Å². The largest absolute Gasteiger partial charge is 0.374 e. The van der Waals surface area contributed by atoms with Crippen molar-refractivity contribution in [2.75, 3.05) is 0 Å². The van der Waals surface area contributed by atoms with Crippen molar-refractivity contribution in [3.05, 3.63) is 21.4 Å². The number of carbonyl (C=O) groups excluding carboxylic acids is 2. The average Bonchev–Trinajstić information content (AvgIpc) is 2.91. The summed E-state index contributed by atoms with van der Waals surface area (Å²) < 4.78 is 25.7. The Kier molecular flexibility index (Phi) is 3.31. The van der Waals surface area contributed by atoms with E-state index in [1.54, 1.807) is 0 Å². The average molecular weight is 302 g/mol. The van der Waals surface area contributed by atoms with Crippen molar-refractivity contribution in [3.8, 4) is 0 Å². The Labute approximate surface area is 117 Å². The second kappa shape index (κ2) is 4.87. The Morgan fingerprint density at radius 2 is 2.20 bits per heavy atom. The van der Waals surface area contributed by atoms with Gasteiger partial charge in [-0.05, 0) is 17.4 Å². The monoisotopic (exact) mass is 302 g/mol. The zero-order chi connectivity index (χ0) is 14.4. The number of imide groups is 1.